The van der Waals surface area contributed by atoms with Gasteiger partial charge in [-0.2, -0.15) is 0 Å². The van der Waals surface area contributed by atoms with E-state index in [1.54, 1.807) is 16.8 Å². The molecule has 28 heavy (non-hydrogen) atoms. The van der Waals surface area contributed by atoms with E-state index < -0.39 is 0 Å². The van der Waals surface area contributed by atoms with Gasteiger partial charge in [0, 0.05) is 23.6 Å². The minimum Gasteiger partial charge on any atom is -0.264 e. The van der Waals surface area contributed by atoms with Crippen molar-refractivity contribution in [2.75, 3.05) is 5.43 Å². The lowest BCUT2D eigenvalue weighted by molar-refractivity contribution is -0.641. The van der Waals surface area contributed by atoms with E-state index in [4.69, 9.17) is 0 Å². The number of nitrogens with one attached hydrogen (secondary N) is 1. The van der Waals surface area contributed by atoms with Gasteiger partial charge in [-0.15, -0.1) is 5.43 Å². The molecule has 0 aliphatic rings. The first kappa shape index (κ1) is 17.7. The summed E-state index contributed by atoms with van der Waals surface area (Å²) >= 11 is 0. The second kappa shape index (κ2) is 8.31. The Balaban J connectivity index is 1.61. The van der Waals surface area contributed by atoms with Crippen molar-refractivity contribution in [2.24, 2.45) is 0 Å². The zero-order valence-electron chi connectivity index (χ0n) is 15.4. The van der Waals surface area contributed by atoms with Crippen molar-refractivity contribution in [1.82, 2.24) is 0 Å². The van der Waals surface area contributed by atoms with Crippen molar-refractivity contribution < 1.29 is 9.47 Å². The topological polar surface area (TPSA) is 33.0 Å². The Morgan fingerprint density at radius 1 is 0.607 bits per heavy atom. The Labute approximate surface area is 164 Å². The number of amides is 1. The van der Waals surface area contributed by atoms with Gasteiger partial charge in [-0.1, -0.05) is 83.5 Å². The molecule has 0 radical (unpaired) electrons. The van der Waals surface area contributed by atoms with Gasteiger partial charge in [0.25, 0.3) is 0 Å². The number of carbonyl (C=O) groups is 1. The first-order valence-corrected chi connectivity index (χ1v) is 9.29. The number of carbonyl (C=O) groups excluding carboxylic acids is 1. The van der Waals surface area contributed by atoms with E-state index >= 15 is 0 Å². The summed E-state index contributed by atoms with van der Waals surface area (Å²) in [5.74, 6) is 0.00268. The summed E-state index contributed by atoms with van der Waals surface area (Å²) in [7, 11) is 0. The number of rotatable bonds is 5. The van der Waals surface area contributed by atoms with Crippen LogP contribution in [0.1, 0.15) is 33.0 Å². The average molecular weight is 365 g/mol. The minimum atomic E-state index is -0.138. The molecule has 1 heterocycles. The predicted octanol–water partition coefficient (Wildman–Crippen LogP) is 4.54. The summed E-state index contributed by atoms with van der Waals surface area (Å²) in [6.45, 7) is 0. The number of pyridine rings is 1. The highest BCUT2D eigenvalue weighted by Crippen LogP contribution is 2.30. The molecule has 0 saturated carbocycles. The van der Waals surface area contributed by atoms with Crippen LogP contribution < -0.4 is 10.1 Å². The van der Waals surface area contributed by atoms with Crippen LogP contribution >= 0.6 is 0 Å². The van der Waals surface area contributed by atoms with Gasteiger partial charge in [0.1, 0.15) is 0 Å². The molecular weight excluding hydrogens is 344 g/mol. The molecule has 0 aliphatic carbocycles. The summed E-state index contributed by atoms with van der Waals surface area (Å²) < 4.78 is 1.69. The van der Waals surface area contributed by atoms with Crippen LogP contribution in [0.5, 0.6) is 0 Å². The molecule has 136 valence electrons. The molecular formula is C25H21N2O+. The molecule has 0 unspecified atom stereocenters. The van der Waals surface area contributed by atoms with Crippen molar-refractivity contribution in [2.45, 2.75) is 5.92 Å². The molecule has 0 bridgehead atoms. The maximum Gasteiger partial charge on any atom is 0.305 e. The molecule has 0 atom stereocenters. The van der Waals surface area contributed by atoms with E-state index in [2.05, 4.69) is 66.1 Å². The largest absolute Gasteiger partial charge is 0.305 e. The molecule has 0 aliphatic heterocycles. The van der Waals surface area contributed by atoms with Crippen molar-refractivity contribution in [1.29, 1.82) is 0 Å². The van der Waals surface area contributed by atoms with Crippen LogP contribution in [-0.4, -0.2) is 5.91 Å². The first-order valence-electron chi connectivity index (χ1n) is 9.29. The number of nitrogens with zero attached hydrogens (tertiary/aromatic N) is 1. The molecule has 1 aromatic heterocycles. The third kappa shape index (κ3) is 3.99. The van der Waals surface area contributed by atoms with E-state index in [0.29, 0.717) is 5.56 Å². The predicted molar refractivity (Wildman–Crippen MR) is 111 cm³/mol. The van der Waals surface area contributed by atoms with Gasteiger partial charge in [-0.25, -0.2) is 0 Å². The molecule has 0 spiro atoms. The highest BCUT2D eigenvalue weighted by molar-refractivity contribution is 5.98. The monoisotopic (exact) mass is 365 g/mol. The van der Waals surface area contributed by atoms with E-state index in [9.17, 15) is 4.79 Å². The molecule has 1 amide bonds. The fourth-order valence-electron chi connectivity index (χ4n) is 3.34. The smallest absolute Gasteiger partial charge is 0.264 e. The van der Waals surface area contributed by atoms with Crippen LogP contribution in [0, 0.1) is 0 Å². The number of aromatic nitrogens is 1. The summed E-state index contributed by atoms with van der Waals surface area (Å²) in [4.78, 5) is 12.3. The van der Waals surface area contributed by atoms with Gasteiger partial charge in [-0.3, -0.25) is 4.79 Å². The van der Waals surface area contributed by atoms with Gasteiger partial charge in [0.05, 0.1) is 0 Å². The van der Waals surface area contributed by atoms with Crippen LogP contribution in [-0.2, 0) is 0 Å². The van der Waals surface area contributed by atoms with Gasteiger partial charge in [-0.05, 0) is 28.8 Å². The minimum absolute atomic E-state index is 0.138. The fourth-order valence-corrected chi connectivity index (χ4v) is 3.34. The molecule has 4 rings (SSSR count). The molecule has 3 aromatic carbocycles. The van der Waals surface area contributed by atoms with E-state index in [1.807, 2.05) is 42.7 Å². The zero-order chi connectivity index (χ0) is 19.2. The molecule has 3 heteroatoms. The van der Waals surface area contributed by atoms with Gasteiger partial charge in [0.15, 0.2) is 12.4 Å². The van der Waals surface area contributed by atoms with Crippen molar-refractivity contribution >= 4 is 5.91 Å². The molecule has 4 aromatic rings. The lowest BCUT2D eigenvalue weighted by Crippen LogP contribution is -2.47. The molecule has 1 N–H and O–H groups in total. The van der Waals surface area contributed by atoms with E-state index in [0.717, 1.165) is 0 Å². The summed E-state index contributed by atoms with van der Waals surface area (Å²) in [6.07, 6.45) is 3.77. The van der Waals surface area contributed by atoms with Crippen molar-refractivity contribution in [3.63, 3.8) is 0 Å². The lowest BCUT2D eigenvalue weighted by atomic mass is 9.86. The van der Waals surface area contributed by atoms with Crippen LogP contribution in [0.4, 0.5) is 0 Å². The Morgan fingerprint density at radius 3 is 1.54 bits per heavy atom. The first-order chi connectivity index (χ1) is 13.8. The number of hydrogen-bond donors (Lipinski definition) is 1. The average Bonchev–Trinajstić information content (AvgIpc) is 2.77. The van der Waals surface area contributed by atoms with Crippen molar-refractivity contribution in [3.05, 3.63) is 138 Å². The van der Waals surface area contributed by atoms with Crippen LogP contribution in [0.2, 0.25) is 0 Å². The molecule has 0 saturated heterocycles. The second-order valence-corrected chi connectivity index (χ2v) is 6.60. The van der Waals surface area contributed by atoms with Crippen LogP contribution in [0.3, 0.4) is 0 Å². The molecule has 3 nitrogen and oxygen atoms in total. The number of benzene rings is 3. The Kier molecular flexibility index (Phi) is 5.25. The third-order valence-corrected chi connectivity index (χ3v) is 4.72. The maximum absolute atomic E-state index is 12.3. The zero-order valence-corrected chi connectivity index (χ0v) is 15.4. The summed E-state index contributed by atoms with van der Waals surface area (Å²) in [6, 6.07) is 34.2. The second-order valence-electron chi connectivity index (χ2n) is 6.60. The number of hydrogen-bond acceptors (Lipinski definition) is 1. The van der Waals surface area contributed by atoms with Gasteiger partial charge < -0.3 is 0 Å². The van der Waals surface area contributed by atoms with Crippen molar-refractivity contribution in [3.8, 4) is 0 Å². The third-order valence-electron chi connectivity index (χ3n) is 4.72. The lowest BCUT2D eigenvalue weighted by Gasteiger charge is -2.18. The highest BCUT2D eigenvalue weighted by Gasteiger charge is 2.18. The van der Waals surface area contributed by atoms with Gasteiger partial charge >= 0.3 is 5.91 Å². The SMILES string of the molecule is O=C(N[n+]1ccc(C(c2ccccc2)c2ccccc2)cc1)c1ccccc1. The maximum atomic E-state index is 12.3. The summed E-state index contributed by atoms with van der Waals surface area (Å²) in [5.41, 5.74) is 7.15. The normalized spacial score (nSPS) is 10.6. The van der Waals surface area contributed by atoms with Gasteiger partial charge in [0.2, 0.25) is 0 Å². The van der Waals surface area contributed by atoms with E-state index in [-0.39, 0.29) is 11.8 Å². The fraction of sp³-hybridized carbons (Fsp3) is 0.0400. The van der Waals surface area contributed by atoms with Crippen LogP contribution in [0.25, 0.3) is 0 Å². The summed E-state index contributed by atoms with van der Waals surface area (Å²) in [5, 5.41) is 0. The highest BCUT2D eigenvalue weighted by atomic mass is 16.2. The quantitative estimate of drug-likeness (QED) is 0.518. The Morgan fingerprint density at radius 2 is 1.04 bits per heavy atom. The standard InChI is InChI=1S/C25H20N2O/c28-25(23-14-8-3-9-15-23)26-27-18-16-22(17-19-27)24(20-10-4-1-5-11-20)21-12-6-2-7-13-21/h1-19,24H/p+1. The van der Waals surface area contributed by atoms with E-state index in [1.165, 1.54) is 16.7 Å². The van der Waals surface area contributed by atoms with Crippen LogP contribution in [0.15, 0.2) is 116 Å². The molecule has 0 fully saturated rings. The Hall–Kier alpha value is -3.72. The Bertz CT molecular complexity index is 991.